The molecule has 7 nitrogen and oxygen atoms in total. The molecule has 0 spiro atoms. The average molecular weight is 315 g/mol. The van der Waals surface area contributed by atoms with Crippen molar-refractivity contribution >= 4 is 11.9 Å². The fourth-order valence-corrected chi connectivity index (χ4v) is 1.97. The van der Waals surface area contributed by atoms with Crippen LogP contribution in [-0.2, 0) is 9.53 Å². The van der Waals surface area contributed by atoms with Gasteiger partial charge in [-0.3, -0.25) is 9.78 Å². The Morgan fingerprint density at radius 1 is 1.26 bits per heavy atom. The molecule has 0 aliphatic carbocycles. The van der Waals surface area contributed by atoms with E-state index in [9.17, 15) is 14.7 Å². The molecule has 0 saturated heterocycles. The fraction of sp³-hybridized carbons (Fsp3) is 0.250. The van der Waals surface area contributed by atoms with Gasteiger partial charge in [-0.1, -0.05) is 30.3 Å². The quantitative estimate of drug-likeness (QED) is 0.767. The number of esters is 1. The molecule has 1 amide bonds. The van der Waals surface area contributed by atoms with Gasteiger partial charge in [-0.15, -0.1) is 0 Å². The van der Waals surface area contributed by atoms with Crippen molar-refractivity contribution in [2.24, 2.45) is 0 Å². The molecule has 0 fully saturated rings. The molecule has 2 unspecified atom stereocenters. The molecule has 2 N–H and O–H groups in total. The standard InChI is InChI=1S/C16H17N3O4/c1-2-23-16(22)13(14(20)11-6-4-3-5-7-11)19-15(21)12-10-17-8-9-18-12/h3-10,13-14,20H,2H2,1H3,(H,19,21). The third-order valence-corrected chi connectivity index (χ3v) is 3.08. The minimum Gasteiger partial charge on any atom is -0.464 e. The molecule has 0 bridgehead atoms. The predicted molar refractivity (Wildman–Crippen MR) is 81.3 cm³/mol. The van der Waals surface area contributed by atoms with E-state index < -0.39 is 24.0 Å². The van der Waals surface area contributed by atoms with Gasteiger partial charge in [0.1, 0.15) is 11.8 Å². The number of carbonyl (C=O) groups is 2. The highest BCUT2D eigenvalue weighted by Crippen LogP contribution is 2.18. The molecule has 2 atom stereocenters. The predicted octanol–water partition coefficient (Wildman–Crippen LogP) is 0.872. The summed E-state index contributed by atoms with van der Waals surface area (Å²) in [5.74, 6) is -1.34. The Morgan fingerprint density at radius 3 is 2.61 bits per heavy atom. The van der Waals surface area contributed by atoms with E-state index in [1.165, 1.54) is 18.6 Å². The van der Waals surface area contributed by atoms with Gasteiger partial charge in [0.25, 0.3) is 5.91 Å². The van der Waals surface area contributed by atoms with Crippen LogP contribution >= 0.6 is 0 Å². The monoisotopic (exact) mass is 315 g/mol. The van der Waals surface area contributed by atoms with E-state index in [1.807, 2.05) is 0 Å². The molecule has 7 heteroatoms. The summed E-state index contributed by atoms with van der Waals surface area (Å²) in [6.45, 7) is 1.78. The highest BCUT2D eigenvalue weighted by molar-refractivity contribution is 5.95. The Balaban J connectivity index is 2.21. The van der Waals surface area contributed by atoms with Crippen molar-refractivity contribution in [1.82, 2.24) is 15.3 Å². The Labute approximate surface area is 133 Å². The van der Waals surface area contributed by atoms with Crippen molar-refractivity contribution in [2.75, 3.05) is 6.61 Å². The molecule has 0 radical (unpaired) electrons. The van der Waals surface area contributed by atoms with E-state index in [0.717, 1.165) is 0 Å². The Morgan fingerprint density at radius 2 is 2.00 bits per heavy atom. The van der Waals surface area contributed by atoms with E-state index >= 15 is 0 Å². The molecular formula is C16H17N3O4. The van der Waals surface area contributed by atoms with Gasteiger partial charge >= 0.3 is 5.97 Å². The molecule has 120 valence electrons. The lowest BCUT2D eigenvalue weighted by molar-refractivity contribution is -0.148. The smallest absolute Gasteiger partial charge is 0.331 e. The number of aliphatic hydroxyl groups is 1. The van der Waals surface area contributed by atoms with E-state index in [2.05, 4.69) is 15.3 Å². The number of amides is 1. The summed E-state index contributed by atoms with van der Waals surface area (Å²) in [7, 11) is 0. The van der Waals surface area contributed by atoms with Crippen LogP contribution in [0.2, 0.25) is 0 Å². The molecule has 0 saturated carbocycles. The van der Waals surface area contributed by atoms with E-state index in [4.69, 9.17) is 4.74 Å². The number of rotatable bonds is 6. The van der Waals surface area contributed by atoms with Crippen LogP contribution in [0.5, 0.6) is 0 Å². The zero-order valence-electron chi connectivity index (χ0n) is 12.5. The molecule has 2 aromatic rings. The Bertz CT molecular complexity index is 649. The number of hydrogen-bond acceptors (Lipinski definition) is 6. The van der Waals surface area contributed by atoms with Crippen molar-refractivity contribution in [3.05, 3.63) is 60.2 Å². The third-order valence-electron chi connectivity index (χ3n) is 3.08. The maximum absolute atomic E-state index is 12.2. The van der Waals surface area contributed by atoms with Crippen LogP contribution < -0.4 is 5.32 Å². The number of hydrogen-bond donors (Lipinski definition) is 2. The first-order chi connectivity index (χ1) is 11.1. The third kappa shape index (κ3) is 4.33. The number of nitrogens with one attached hydrogen (secondary N) is 1. The lowest BCUT2D eigenvalue weighted by atomic mass is 10.0. The second kappa shape index (κ2) is 8.00. The van der Waals surface area contributed by atoms with Crippen LogP contribution in [0.25, 0.3) is 0 Å². The zero-order chi connectivity index (χ0) is 16.7. The number of benzene rings is 1. The Kier molecular flexibility index (Phi) is 5.76. The van der Waals surface area contributed by atoms with Crippen molar-refractivity contribution in [3.63, 3.8) is 0 Å². The Hall–Kier alpha value is -2.80. The minimum atomic E-state index is -1.24. The van der Waals surface area contributed by atoms with Crippen molar-refractivity contribution in [1.29, 1.82) is 0 Å². The van der Waals surface area contributed by atoms with Crippen molar-refractivity contribution in [3.8, 4) is 0 Å². The molecule has 23 heavy (non-hydrogen) atoms. The first-order valence-corrected chi connectivity index (χ1v) is 7.10. The first kappa shape index (κ1) is 16.6. The SMILES string of the molecule is CCOC(=O)C(NC(=O)c1cnccn1)C(O)c1ccccc1. The van der Waals surface area contributed by atoms with Gasteiger partial charge in [-0.2, -0.15) is 0 Å². The van der Waals surface area contributed by atoms with E-state index in [0.29, 0.717) is 5.56 Å². The van der Waals surface area contributed by atoms with E-state index in [-0.39, 0.29) is 12.3 Å². The lowest BCUT2D eigenvalue weighted by Crippen LogP contribution is -2.46. The summed E-state index contributed by atoms with van der Waals surface area (Å²) in [6, 6.07) is 7.31. The maximum atomic E-state index is 12.2. The summed E-state index contributed by atoms with van der Waals surface area (Å²) in [6.07, 6.45) is 2.82. The van der Waals surface area contributed by atoms with Gasteiger partial charge in [0.15, 0.2) is 6.04 Å². The maximum Gasteiger partial charge on any atom is 0.331 e. The topological polar surface area (TPSA) is 101 Å². The average Bonchev–Trinajstić information content (AvgIpc) is 2.60. The summed E-state index contributed by atoms with van der Waals surface area (Å²) < 4.78 is 4.93. The van der Waals surface area contributed by atoms with E-state index in [1.54, 1.807) is 37.3 Å². The molecular weight excluding hydrogens is 298 g/mol. The molecule has 0 aliphatic heterocycles. The zero-order valence-corrected chi connectivity index (χ0v) is 12.5. The number of aromatic nitrogens is 2. The molecule has 2 rings (SSSR count). The summed E-state index contributed by atoms with van der Waals surface area (Å²) in [4.78, 5) is 31.9. The van der Waals surface area contributed by atoms with Gasteiger partial charge in [0.2, 0.25) is 0 Å². The molecule has 1 aromatic carbocycles. The van der Waals surface area contributed by atoms with Gasteiger partial charge in [0, 0.05) is 12.4 Å². The number of ether oxygens (including phenoxy) is 1. The highest BCUT2D eigenvalue weighted by atomic mass is 16.5. The largest absolute Gasteiger partial charge is 0.464 e. The van der Waals surface area contributed by atoms with Crippen LogP contribution in [-0.4, -0.2) is 39.6 Å². The summed E-state index contributed by atoms with van der Waals surface area (Å²) >= 11 is 0. The number of aliphatic hydroxyl groups excluding tert-OH is 1. The highest BCUT2D eigenvalue weighted by Gasteiger charge is 2.31. The first-order valence-electron chi connectivity index (χ1n) is 7.10. The van der Waals surface area contributed by atoms with Crippen molar-refractivity contribution < 1.29 is 19.4 Å². The van der Waals surface area contributed by atoms with Crippen LogP contribution in [0.1, 0.15) is 29.1 Å². The van der Waals surface area contributed by atoms with Gasteiger partial charge in [-0.05, 0) is 12.5 Å². The molecule has 1 heterocycles. The van der Waals surface area contributed by atoms with Gasteiger partial charge < -0.3 is 15.2 Å². The number of carbonyl (C=O) groups excluding carboxylic acids is 2. The van der Waals surface area contributed by atoms with Gasteiger partial charge in [-0.25, -0.2) is 9.78 Å². The molecule has 0 aliphatic rings. The van der Waals surface area contributed by atoms with Crippen LogP contribution in [0, 0.1) is 0 Å². The number of nitrogens with zero attached hydrogens (tertiary/aromatic N) is 2. The second-order valence-corrected chi connectivity index (χ2v) is 4.65. The second-order valence-electron chi connectivity index (χ2n) is 4.65. The summed E-state index contributed by atoms with van der Waals surface area (Å²) in [5.41, 5.74) is 0.534. The summed E-state index contributed by atoms with van der Waals surface area (Å²) in [5, 5.41) is 12.9. The van der Waals surface area contributed by atoms with Crippen LogP contribution in [0.4, 0.5) is 0 Å². The fourth-order valence-electron chi connectivity index (χ4n) is 1.97. The molecule has 1 aromatic heterocycles. The van der Waals surface area contributed by atoms with Crippen LogP contribution in [0.15, 0.2) is 48.9 Å². The minimum absolute atomic E-state index is 0.0436. The van der Waals surface area contributed by atoms with Crippen molar-refractivity contribution in [2.45, 2.75) is 19.1 Å². The van der Waals surface area contributed by atoms with Gasteiger partial charge in [0.05, 0.1) is 12.8 Å². The lowest BCUT2D eigenvalue weighted by Gasteiger charge is -2.22. The normalized spacial score (nSPS) is 13.0. The van der Waals surface area contributed by atoms with Crippen LogP contribution in [0.3, 0.4) is 0 Å².